The summed E-state index contributed by atoms with van der Waals surface area (Å²) in [6.07, 6.45) is -8.91. The molecule has 0 spiro atoms. The maximum atomic E-state index is 13.2. The van der Waals surface area contributed by atoms with Gasteiger partial charge in [-0.2, -0.15) is 26.3 Å². The largest absolute Gasteiger partial charge is 0.545 e. The van der Waals surface area contributed by atoms with Crippen molar-refractivity contribution in [2.45, 2.75) is 26.2 Å². The maximum Gasteiger partial charge on any atom is 0.448 e. The number of nitrogens with zero attached hydrogens (tertiary/aromatic N) is 2. The van der Waals surface area contributed by atoms with Crippen molar-refractivity contribution in [1.29, 1.82) is 0 Å². The molecule has 0 saturated carbocycles. The van der Waals surface area contributed by atoms with Crippen LogP contribution in [-0.4, -0.2) is 44.5 Å². The molecule has 0 bridgehead atoms. The molecular weight excluding hydrogens is 526 g/mol. The number of benzene rings is 3. The Hall–Kier alpha value is -4.02. The lowest BCUT2D eigenvalue weighted by molar-refractivity contribution is -0.254. The summed E-state index contributed by atoms with van der Waals surface area (Å²) in [4.78, 5) is 13.0. The molecule has 1 aliphatic carbocycles. The molecule has 2 aromatic carbocycles. The summed E-state index contributed by atoms with van der Waals surface area (Å²) in [6.45, 7) is 0.840. The van der Waals surface area contributed by atoms with Gasteiger partial charge in [-0.05, 0) is 37.6 Å². The molecule has 0 amide bonds. The highest BCUT2D eigenvalue weighted by Crippen LogP contribution is 2.42. The fraction of sp³-hybridized carbons (Fsp3) is 0.286. The number of aromatic carboxylic acids is 1. The van der Waals surface area contributed by atoms with Crippen LogP contribution in [0.2, 0.25) is 0 Å². The SMILES string of the molecule is CCN(CC(F)(F)F)c1ccc2c(-c3ccccc3C(=O)[O-])c3ccc(=[N+](CC)CC(F)(F)F)cc-3oc2c1. The van der Waals surface area contributed by atoms with Gasteiger partial charge in [-0.15, -0.1) is 0 Å². The Labute approximate surface area is 219 Å². The van der Waals surface area contributed by atoms with E-state index in [4.69, 9.17) is 4.42 Å². The van der Waals surface area contributed by atoms with Crippen LogP contribution in [0.15, 0.2) is 65.1 Å². The van der Waals surface area contributed by atoms with Crippen molar-refractivity contribution in [3.8, 4) is 22.5 Å². The molecule has 0 aromatic heterocycles. The number of carboxylic acid groups (broad SMARTS) is 1. The van der Waals surface area contributed by atoms with Crippen molar-refractivity contribution < 1.29 is 40.7 Å². The van der Waals surface area contributed by atoms with Gasteiger partial charge in [-0.1, -0.05) is 24.3 Å². The van der Waals surface area contributed by atoms with E-state index in [1.54, 1.807) is 38.1 Å². The van der Waals surface area contributed by atoms with Gasteiger partial charge in [0.2, 0.25) is 11.9 Å². The lowest BCUT2D eigenvalue weighted by Gasteiger charge is -2.25. The molecule has 0 saturated heterocycles. The zero-order chi connectivity index (χ0) is 28.5. The van der Waals surface area contributed by atoms with Crippen LogP contribution in [0, 0.1) is 0 Å². The van der Waals surface area contributed by atoms with Gasteiger partial charge in [0.25, 0.3) is 0 Å². The molecule has 5 nitrogen and oxygen atoms in total. The van der Waals surface area contributed by atoms with Crippen LogP contribution in [0.4, 0.5) is 32.0 Å². The zero-order valence-corrected chi connectivity index (χ0v) is 21.0. The highest BCUT2D eigenvalue weighted by molar-refractivity contribution is 6.07. The Kier molecular flexibility index (Phi) is 7.63. The number of halogens is 6. The molecular formula is C28H24F6N2O3. The van der Waals surface area contributed by atoms with Crippen molar-refractivity contribution in [1.82, 2.24) is 4.58 Å². The molecule has 2 aliphatic rings. The Balaban J connectivity index is 2.07. The standard InChI is InChI=1S/C28H24F6N2O3/c1-3-35(15-27(29,30)31)17-9-11-21-23(13-17)39-24-14-18(36(4-2)16-28(32,33)34)10-12-22(24)25(21)19-7-5-6-8-20(19)26(37)38/h5-14H,3-4,15-16H2,1-2H3. The number of hydrogen-bond acceptors (Lipinski definition) is 4. The van der Waals surface area contributed by atoms with Gasteiger partial charge in [0.05, 0.1) is 12.0 Å². The van der Waals surface area contributed by atoms with Crippen molar-refractivity contribution in [3.63, 3.8) is 0 Å². The van der Waals surface area contributed by atoms with Gasteiger partial charge >= 0.3 is 12.4 Å². The third-order valence-electron chi connectivity index (χ3n) is 6.34. The zero-order valence-electron chi connectivity index (χ0n) is 21.0. The summed E-state index contributed by atoms with van der Waals surface area (Å²) in [5.41, 5.74) is 1.32. The normalized spacial score (nSPS) is 13.1. The molecule has 0 N–H and O–H groups in total. The van der Waals surface area contributed by atoms with E-state index in [1.807, 2.05) is 0 Å². The first-order valence-corrected chi connectivity index (χ1v) is 12.1. The quantitative estimate of drug-likeness (QED) is 0.178. The van der Waals surface area contributed by atoms with Gasteiger partial charge in [-0.3, -0.25) is 0 Å². The number of rotatable bonds is 7. The first kappa shape index (κ1) is 28.0. The minimum absolute atomic E-state index is 0.0476. The van der Waals surface area contributed by atoms with Crippen LogP contribution in [-0.2, 0) is 0 Å². The molecule has 1 heterocycles. The smallest absolute Gasteiger partial charge is 0.448 e. The lowest BCUT2D eigenvalue weighted by atomic mass is 9.90. The molecule has 2 aromatic rings. The molecule has 0 atom stereocenters. The Morgan fingerprint density at radius 3 is 2.26 bits per heavy atom. The summed E-state index contributed by atoms with van der Waals surface area (Å²) in [5.74, 6) is -1.30. The molecule has 0 radical (unpaired) electrons. The Morgan fingerprint density at radius 2 is 1.64 bits per heavy atom. The van der Waals surface area contributed by atoms with E-state index < -0.39 is 31.4 Å². The van der Waals surface area contributed by atoms with Crippen LogP contribution in [0.25, 0.3) is 33.4 Å². The lowest BCUT2D eigenvalue weighted by Crippen LogP contribution is -2.37. The first-order chi connectivity index (χ1) is 18.3. The van der Waals surface area contributed by atoms with Crippen LogP contribution in [0.5, 0.6) is 0 Å². The second-order valence-corrected chi connectivity index (χ2v) is 8.93. The Bertz CT molecular complexity index is 1560. The summed E-state index contributed by atoms with van der Waals surface area (Å²) in [6, 6.07) is 15.0. The average molecular weight is 550 g/mol. The van der Waals surface area contributed by atoms with E-state index in [9.17, 15) is 36.2 Å². The number of anilines is 1. The minimum atomic E-state index is -4.46. The third-order valence-corrected chi connectivity index (χ3v) is 6.34. The van der Waals surface area contributed by atoms with Crippen LogP contribution >= 0.6 is 0 Å². The summed E-state index contributed by atoms with van der Waals surface area (Å²) < 4.78 is 86.2. The van der Waals surface area contributed by atoms with Crippen molar-refractivity contribution in [2.75, 3.05) is 31.1 Å². The molecule has 0 fully saturated rings. The predicted octanol–water partition coefficient (Wildman–Crippen LogP) is 5.31. The van der Waals surface area contributed by atoms with Gasteiger partial charge in [0.15, 0.2) is 0 Å². The summed E-state index contributed by atoms with van der Waals surface area (Å²) in [7, 11) is 0. The van der Waals surface area contributed by atoms with Gasteiger partial charge in [0, 0.05) is 46.4 Å². The number of alkyl halides is 6. The van der Waals surface area contributed by atoms with Crippen LogP contribution in [0.3, 0.4) is 0 Å². The number of fused-ring (bicyclic) bond motifs is 2. The fourth-order valence-electron chi connectivity index (χ4n) is 4.63. The Morgan fingerprint density at radius 1 is 0.923 bits per heavy atom. The van der Waals surface area contributed by atoms with E-state index in [0.717, 1.165) is 9.48 Å². The van der Waals surface area contributed by atoms with Crippen LogP contribution in [0.1, 0.15) is 24.2 Å². The molecule has 11 heteroatoms. The van der Waals surface area contributed by atoms with Crippen molar-refractivity contribution in [3.05, 3.63) is 71.6 Å². The van der Waals surface area contributed by atoms with E-state index in [2.05, 4.69) is 0 Å². The highest BCUT2D eigenvalue weighted by Gasteiger charge is 2.34. The molecule has 4 rings (SSSR count). The molecule has 39 heavy (non-hydrogen) atoms. The van der Waals surface area contributed by atoms with Crippen molar-refractivity contribution >= 4 is 22.6 Å². The van der Waals surface area contributed by atoms with E-state index in [1.165, 1.54) is 36.4 Å². The predicted molar refractivity (Wildman–Crippen MR) is 133 cm³/mol. The topological polar surface area (TPSA) is 59.5 Å². The third kappa shape index (κ3) is 6.18. The van der Waals surface area contributed by atoms with Gasteiger partial charge in [0.1, 0.15) is 24.4 Å². The van der Waals surface area contributed by atoms with Crippen LogP contribution < -0.4 is 19.9 Å². The summed E-state index contributed by atoms with van der Waals surface area (Å²) >= 11 is 0. The van der Waals surface area contributed by atoms with E-state index in [0.29, 0.717) is 16.5 Å². The van der Waals surface area contributed by atoms with Crippen molar-refractivity contribution in [2.24, 2.45) is 0 Å². The monoisotopic (exact) mass is 550 g/mol. The first-order valence-electron chi connectivity index (χ1n) is 12.1. The average Bonchev–Trinajstić information content (AvgIpc) is 2.87. The molecule has 1 aliphatic heterocycles. The summed E-state index contributed by atoms with van der Waals surface area (Å²) in [5, 5.41) is 12.6. The van der Waals surface area contributed by atoms with Gasteiger partial charge < -0.3 is 19.2 Å². The number of hydrogen-bond donors (Lipinski definition) is 0. The number of carbonyl (C=O) groups is 1. The molecule has 206 valence electrons. The highest BCUT2D eigenvalue weighted by atomic mass is 19.4. The minimum Gasteiger partial charge on any atom is -0.545 e. The fourth-order valence-corrected chi connectivity index (χ4v) is 4.63. The number of carboxylic acids is 1. The maximum absolute atomic E-state index is 13.2. The molecule has 0 unspecified atom stereocenters. The second-order valence-electron chi connectivity index (χ2n) is 8.93. The van der Waals surface area contributed by atoms with Gasteiger partial charge in [-0.25, -0.2) is 4.58 Å². The number of carbonyl (C=O) groups excluding carboxylic acids is 1. The second kappa shape index (κ2) is 10.6. The van der Waals surface area contributed by atoms with E-state index in [-0.39, 0.29) is 46.6 Å². The van der Waals surface area contributed by atoms with E-state index >= 15 is 0 Å².